The first-order chi connectivity index (χ1) is 6.43. The lowest BCUT2D eigenvalue weighted by Crippen LogP contribution is -2.16. The fourth-order valence-corrected chi connectivity index (χ4v) is 3.04. The summed E-state index contributed by atoms with van der Waals surface area (Å²) in [5.74, 6) is -1.13. The molecule has 78 valence electrons. The number of halogens is 1. The first-order valence-corrected chi connectivity index (χ1v) is 5.61. The minimum absolute atomic E-state index is 0.0842. The molecule has 0 radical (unpaired) electrons. The summed E-state index contributed by atoms with van der Waals surface area (Å²) in [4.78, 5) is 11.9. The predicted molar refractivity (Wildman–Crippen MR) is 59.3 cm³/mol. The molecular formula is C10H13ClO2S. The smallest absolute Gasteiger partial charge is 0.312 e. The van der Waals surface area contributed by atoms with Crippen LogP contribution in [-0.2, 0) is 4.79 Å². The summed E-state index contributed by atoms with van der Waals surface area (Å²) in [5, 5.41) is 9.09. The van der Waals surface area contributed by atoms with Crippen LogP contribution in [0.2, 0.25) is 4.34 Å². The highest BCUT2D eigenvalue weighted by Gasteiger charge is 2.26. The molecule has 0 fully saturated rings. The van der Waals surface area contributed by atoms with Gasteiger partial charge in [-0.15, -0.1) is 11.3 Å². The van der Waals surface area contributed by atoms with Crippen molar-refractivity contribution in [3.8, 4) is 0 Å². The molecule has 1 N–H and O–H groups in total. The van der Waals surface area contributed by atoms with Gasteiger partial charge in [0, 0.05) is 4.88 Å². The van der Waals surface area contributed by atoms with Crippen LogP contribution in [0.4, 0.5) is 0 Å². The van der Waals surface area contributed by atoms with Gasteiger partial charge in [-0.2, -0.15) is 0 Å². The lowest BCUT2D eigenvalue weighted by Gasteiger charge is -2.15. The van der Waals surface area contributed by atoms with Gasteiger partial charge in [-0.05, 0) is 24.5 Å². The SMILES string of the molecule is Cc1cc(Cl)sc1C(C(=O)O)C(C)C. The Balaban J connectivity index is 3.11. The van der Waals surface area contributed by atoms with Crippen molar-refractivity contribution in [3.05, 3.63) is 20.8 Å². The minimum Gasteiger partial charge on any atom is -0.481 e. The Kier molecular flexibility index (Phi) is 3.56. The molecule has 1 atom stereocenters. The maximum absolute atomic E-state index is 11.1. The van der Waals surface area contributed by atoms with Crippen LogP contribution in [0.3, 0.4) is 0 Å². The second-order valence-corrected chi connectivity index (χ2v) is 5.37. The zero-order chi connectivity index (χ0) is 10.9. The number of carboxylic acids is 1. The average molecular weight is 233 g/mol. The van der Waals surface area contributed by atoms with Crippen LogP contribution in [0, 0.1) is 12.8 Å². The predicted octanol–water partition coefficient (Wildman–Crippen LogP) is 3.53. The summed E-state index contributed by atoms with van der Waals surface area (Å²) in [7, 11) is 0. The largest absolute Gasteiger partial charge is 0.481 e. The molecule has 0 amide bonds. The Morgan fingerprint density at radius 1 is 1.57 bits per heavy atom. The lowest BCUT2D eigenvalue weighted by molar-refractivity contribution is -0.139. The fraction of sp³-hybridized carbons (Fsp3) is 0.500. The number of thiophene rings is 1. The van der Waals surface area contributed by atoms with Gasteiger partial charge in [0.05, 0.1) is 10.3 Å². The molecule has 1 unspecified atom stereocenters. The second-order valence-electron chi connectivity index (χ2n) is 3.66. The Morgan fingerprint density at radius 2 is 2.14 bits per heavy atom. The lowest BCUT2D eigenvalue weighted by atomic mass is 9.93. The van der Waals surface area contributed by atoms with Gasteiger partial charge in [0.1, 0.15) is 0 Å². The van der Waals surface area contributed by atoms with E-state index in [0.29, 0.717) is 4.34 Å². The number of rotatable bonds is 3. The molecule has 1 rings (SSSR count). The number of carboxylic acid groups (broad SMARTS) is 1. The number of carbonyl (C=O) groups is 1. The van der Waals surface area contributed by atoms with Gasteiger partial charge < -0.3 is 5.11 Å². The molecule has 1 heterocycles. The summed E-state index contributed by atoms with van der Waals surface area (Å²) in [6.45, 7) is 5.72. The zero-order valence-corrected chi connectivity index (χ0v) is 9.95. The van der Waals surface area contributed by atoms with Crippen molar-refractivity contribution in [2.24, 2.45) is 5.92 Å². The van der Waals surface area contributed by atoms with Gasteiger partial charge in [0.25, 0.3) is 0 Å². The van der Waals surface area contributed by atoms with E-state index in [0.717, 1.165) is 10.4 Å². The van der Waals surface area contributed by atoms with Crippen LogP contribution in [0.25, 0.3) is 0 Å². The molecule has 0 aliphatic rings. The normalized spacial score (nSPS) is 13.2. The summed E-state index contributed by atoms with van der Waals surface area (Å²) >= 11 is 7.21. The quantitative estimate of drug-likeness (QED) is 0.866. The maximum atomic E-state index is 11.1. The van der Waals surface area contributed by atoms with E-state index in [1.54, 1.807) is 0 Å². The second kappa shape index (κ2) is 4.32. The van der Waals surface area contributed by atoms with Crippen molar-refractivity contribution in [2.75, 3.05) is 0 Å². The van der Waals surface area contributed by atoms with Crippen LogP contribution in [-0.4, -0.2) is 11.1 Å². The van der Waals surface area contributed by atoms with Gasteiger partial charge >= 0.3 is 5.97 Å². The third-order valence-electron chi connectivity index (χ3n) is 2.14. The Morgan fingerprint density at radius 3 is 2.43 bits per heavy atom. The van der Waals surface area contributed by atoms with Gasteiger partial charge in [0.15, 0.2) is 0 Å². The molecule has 0 aromatic carbocycles. The van der Waals surface area contributed by atoms with Crippen molar-refractivity contribution in [1.29, 1.82) is 0 Å². The highest BCUT2D eigenvalue weighted by Crippen LogP contribution is 2.36. The Labute approximate surface area is 92.5 Å². The molecule has 14 heavy (non-hydrogen) atoms. The van der Waals surface area contributed by atoms with Crippen molar-refractivity contribution in [1.82, 2.24) is 0 Å². The zero-order valence-electron chi connectivity index (χ0n) is 8.37. The number of aryl methyl sites for hydroxylation is 1. The number of hydrogen-bond acceptors (Lipinski definition) is 2. The molecule has 0 spiro atoms. The van der Waals surface area contributed by atoms with Crippen LogP contribution in [0.5, 0.6) is 0 Å². The molecule has 1 aromatic heterocycles. The topological polar surface area (TPSA) is 37.3 Å². The summed E-state index contributed by atoms with van der Waals surface area (Å²) in [6.07, 6.45) is 0. The summed E-state index contributed by atoms with van der Waals surface area (Å²) in [6, 6.07) is 1.82. The average Bonchev–Trinajstić information content (AvgIpc) is 2.29. The van der Waals surface area contributed by atoms with Crippen LogP contribution >= 0.6 is 22.9 Å². The van der Waals surface area contributed by atoms with Crippen molar-refractivity contribution >= 4 is 28.9 Å². The molecule has 1 aromatic rings. The molecule has 0 bridgehead atoms. The molecule has 0 saturated carbocycles. The first kappa shape index (κ1) is 11.5. The van der Waals surface area contributed by atoms with Crippen molar-refractivity contribution < 1.29 is 9.90 Å². The molecule has 0 aliphatic carbocycles. The number of aliphatic carboxylic acids is 1. The monoisotopic (exact) mass is 232 g/mol. The highest BCUT2D eigenvalue weighted by molar-refractivity contribution is 7.16. The molecule has 4 heteroatoms. The van der Waals surface area contributed by atoms with Gasteiger partial charge in [0.2, 0.25) is 0 Å². The van der Waals surface area contributed by atoms with Crippen molar-refractivity contribution in [2.45, 2.75) is 26.7 Å². The van der Waals surface area contributed by atoms with E-state index >= 15 is 0 Å². The summed E-state index contributed by atoms with van der Waals surface area (Å²) < 4.78 is 0.657. The Hall–Kier alpha value is -0.540. The first-order valence-electron chi connectivity index (χ1n) is 4.42. The summed E-state index contributed by atoms with van der Waals surface area (Å²) in [5.41, 5.74) is 0.973. The van der Waals surface area contributed by atoms with Gasteiger partial charge in [-0.25, -0.2) is 0 Å². The van der Waals surface area contributed by atoms with Gasteiger partial charge in [-0.1, -0.05) is 25.4 Å². The van der Waals surface area contributed by atoms with Crippen LogP contribution in [0.1, 0.15) is 30.2 Å². The van der Waals surface area contributed by atoms with Crippen LogP contribution in [0.15, 0.2) is 6.07 Å². The third-order valence-corrected chi connectivity index (χ3v) is 3.59. The van der Waals surface area contributed by atoms with E-state index in [-0.39, 0.29) is 5.92 Å². The molecular weight excluding hydrogens is 220 g/mol. The van der Waals surface area contributed by atoms with E-state index in [2.05, 4.69) is 0 Å². The van der Waals surface area contributed by atoms with E-state index in [9.17, 15) is 4.79 Å². The van der Waals surface area contributed by atoms with E-state index in [1.165, 1.54) is 11.3 Å². The minimum atomic E-state index is -0.776. The molecule has 2 nitrogen and oxygen atoms in total. The van der Waals surface area contributed by atoms with Crippen molar-refractivity contribution in [3.63, 3.8) is 0 Å². The van der Waals surface area contributed by atoms with Crippen LogP contribution < -0.4 is 0 Å². The van der Waals surface area contributed by atoms with E-state index in [1.807, 2.05) is 26.8 Å². The van der Waals surface area contributed by atoms with Gasteiger partial charge in [-0.3, -0.25) is 4.79 Å². The third kappa shape index (κ3) is 2.28. The Bertz CT molecular complexity index is 344. The van der Waals surface area contributed by atoms with E-state index in [4.69, 9.17) is 16.7 Å². The standard InChI is InChI=1S/C10H13ClO2S/c1-5(2)8(10(12)13)9-6(3)4-7(11)14-9/h4-5,8H,1-3H3,(H,12,13). The highest BCUT2D eigenvalue weighted by atomic mass is 35.5. The number of hydrogen-bond donors (Lipinski definition) is 1. The molecule has 0 aliphatic heterocycles. The maximum Gasteiger partial charge on any atom is 0.312 e. The molecule has 0 saturated heterocycles. The van der Waals surface area contributed by atoms with E-state index < -0.39 is 11.9 Å². The fourth-order valence-electron chi connectivity index (χ4n) is 1.47.